The van der Waals surface area contributed by atoms with Crippen LogP contribution in [0.4, 0.5) is 0 Å². The molecule has 1 aromatic carbocycles. The second-order valence-corrected chi connectivity index (χ2v) is 6.82. The van der Waals surface area contributed by atoms with Crippen molar-refractivity contribution in [1.29, 1.82) is 0 Å². The number of para-hydroxylation sites is 1. The van der Waals surface area contributed by atoms with Gasteiger partial charge in [-0.2, -0.15) is 5.10 Å². The Bertz CT molecular complexity index is 1490. The smallest absolute Gasteiger partial charge is 0.181 e. The highest BCUT2D eigenvalue weighted by Gasteiger charge is 2.16. The Hall–Kier alpha value is -4.46. The number of pyridine rings is 2. The van der Waals surface area contributed by atoms with E-state index in [1.54, 1.807) is 24.8 Å². The van der Waals surface area contributed by atoms with Crippen LogP contribution < -0.4 is 0 Å². The lowest BCUT2D eigenvalue weighted by Gasteiger charge is -2.00. The average molecular weight is 390 g/mol. The molecule has 8 heteroatoms. The number of nitrogens with one attached hydrogen (secondary N) is 2. The number of hydrogen-bond donors (Lipinski definition) is 2. The molecule has 5 heterocycles. The molecule has 0 bridgehead atoms. The molecule has 0 radical (unpaired) electrons. The predicted octanol–water partition coefficient (Wildman–Crippen LogP) is 4.02. The summed E-state index contributed by atoms with van der Waals surface area (Å²) in [6.07, 6.45) is 8.58. The third-order valence-corrected chi connectivity index (χ3v) is 4.99. The van der Waals surface area contributed by atoms with Crippen molar-refractivity contribution in [2.24, 2.45) is 0 Å². The van der Waals surface area contributed by atoms with Gasteiger partial charge in [0.2, 0.25) is 0 Å². The Morgan fingerprint density at radius 3 is 2.63 bits per heavy atom. The maximum Gasteiger partial charge on any atom is 0.181 e. The van der Waals surface area contributed by atoms with Crippen LogP contribution in [0.5, 0.6) is 0 Å². The van der Waals surface area contributed by atoms with E-state index in [4.69, 9.17) is 4.98 Å². The number of aromatic amines is 2. The molecular weight excluding hydrogens is 376 g/mol. The van der Waals surface area contributed by atoms with Crippen LogP contribution in [0.15, 0.2) is 73.6 Å². The quantitative estimate of drug-likeness (QED) is 0.472. The zero-order valence-electron chi connectivity index (χ0n) is 15.6. The maximum absolute atomic E-state index is 4.86. The topological polar surface area (TPSA) is 109 Å². The summed E-state index contributed by atoms with van der Waals surface area (Å²) >= 11 is 0. The third-order valence-electron chi connectivity index (χ3n) is 4.99. The Kier molecular flexibility index (Phi) is 3.60. The molecule has 8 nitrogen and oxygen atoms in total. The molecule has 0 aliphatic carbocycles. The van der Waals surface area contributed by atoms with Crippen LogP contribution in [0.1, 0.15) is 0 Å². The molecule has 0 fully saturated rings. The summed E-state index contributed by atoms with van der Waals surface area (Å²) < 4.78 is 0. The number of benzene rings is 1. The van der Waals surface area contributed by atoms with Crippen LogP contribution >= 0.6 is 0 Å². The average Bonchev–Trinajstić information content (AvgIpc) is 3.43. The Labute approximate surface area is 170 Å². The van der Waals surface area contributed by atoms with Crippen molar-refractivity contribution in [2.75, 3.05) is 0 Å². The molecule has 142 valence electrons. The molecule has 6 rings (SSSR count). The molecule has 30 heavy (non-hydrogen) atoms. The van der Waals surface area contributed by atoms with Crippen molar-refractivity contribution in [3.05, 3.63) is 73.6 Å². The summed E-state index contributed by atoms with van der Waals surface area (Å²) in [7, 11) is 0. The Morgan fingerprint density at radius 1 is 0.833 bits per heavy atom. The summed E-state index contributed by atoms with van der Waals surface area (Å²) in [4.78, 5) is 25.4. The van der Waals surface area contributed by atoms with Gasteiger partial charge in [0.25, 0.3) is 0 Å². The van der Waals surface area contributed by atoms with Crippen molar-refractivity contribution in [2.45, 2.75) is 0 Å². The molecule has 0 amide bonds. The zero-order valence-corrected chi connectivity index (χ0v) is 15.6. The molecule has 2 N–H and O–H groups in total. The van der Waals surface area contributed by atoms with Crippen molar-refractivity contribution in [3.8, 4) is 33.9 Å². The molecule has 0 saturated carbocycles. The number of nitrogens with zero attached hydrogens (tertiary/aromatic N) is 6. The molecule has 0 saturated heterocycles. The van der Waals surface area contributed by atoms with Gasteiger partial charge in [0, 0.05) is 41.5 Å². The SMILES string of the molecule is c1ccc(-c2cccc3[nH]c(-c4[nH]nc5ncc(-c6cncnc6)cc45)nc23)nc1. The van der Waals surface area contributed by atoms with Gasteiger partial charge in [-0.1, -0.05) is 18.2 Å². The first-order valence-corrected chi connectivity index (χ1v) is 9.37. The summed E-state index contributed by atoms with van der Waals surface area (Å²) in [5.41, 5.74) is 6.84. The van der Waals surface area contributed by atoms with Crippen LogP contribution in [0.25, 0.3) is 56.0 Å². The molecule has 0 aliphatic rings. The summed E-state index contributed by atoms with van der Waals surface area (Å²) in [5, 5.41) is 8.29. The second-order valence-electron chi connectivity index (χ2n) is 6.82. The van der Waals surface area contributed by atoms with Gasteiger partial charge in [-0.15, -0.1) is 0 Å². The summed E-state index contributed by atoms with van der Waals surface area (Å²) in [5.74, 6) is 0.694. The van der Waals surface area contributed by atoms with Crippen molar-refractivity contribution < 1.29 is 0 Å². The van der Waals surface area contributed by atoms with Gasteiger partial charge in [0.1, 0.15) is 12.0 Å². The van der Waals surface area contributed by atoms with Gasteiger partial charge >= 0.3 is 0 Å². The summed E-state index contributed by atoms with van der Waals surface area (Å²) in [6.45, 7) is 0. The highest BCUT2D eigenvalue weighted by Crippen LogP contribution is 2.31. The van der Waals surface area contributed by atoms with E-state index < -0.39 is 0 Å². The zero-order chi connectivity index (χ0) is 19.9. The summed E-state index contributed by atoms with van der Waals surface area (Å²) in [6, 6.07) is 13.9. The standard InChI is InChI=1S/C22H14N8/c1-2-7-25-17(5-1)15-4-3-6-18-19(15)28-22(27-18)20-16-8-13(11-26-21(16)30-29-20)14-9-23-12-24-10-14/h1-12H,(H,27,28)(H,26,29,30). The number of fused-ring (bicyclic) bond motifs is 2. The highest BCUT2D eigenvalue weighted by atomic mass is 15.2. The number of aromatic nitrogens is 8. The fraction of sp³-hybridized carbons (Fsp3) is 0. The predicted molar refractivity (Wildman–Crippen MR) is 113 cm³/mol. The number of imidazole rings is 1. The van der Waals surface area contributed by atoms with Gasteiger partial charge in [0.15, 0.2) is 11.5 Å². The molecule has 0 unspecified atom stereocenters. The van der Waals surface area contributed by atoms with E-state index in [-0.39, 0.29) is 0 Å². The minimum atomic E-state index is 0.621. The Morgan fingerprint density at radius 2 is 1.77 bits per heavy atom. The number of rotatable bonds is 3. The first-order valence-electron chi connectivity index (χ1n) is 9.37. The van der Waals surface area contributed by atoms with Gasteiger partial charge in [-0.3, -0.25) is 10.1 Å². The van der Waals surface area contributed by atoms with Crippen molar-refractivity contribution >= 4 is 22.1 Å². The van der Waals surface area contributed by atoms with E-state index in [0.29, 0.717) is 11.5 Å². The third kappa shape index (κ3) is 2.62. The fourth-order valence-electron chi connectivity index (χ4n) is 3.57. The molecule has 5 aromatic heterocycles. The highest BCUT2D eigenvalue weighted by molar-refractivity contribution is 5.96. The fourth-order valence-corrected chi connectivity index (χ4v) is 3.57. The molecular formula is C22H14N8. The van der Waals surface area contributed by atoms with E-state index in [1.807, 2.05) is 42.5 Å². The second kappa shape index (κ2) is 6.56. The van der Waals surface area contributed by atoms with Crippen LogP contribution in [-0.2, 0) is 0 Å². The largest absolute Gasteiger partial charge is 0.337 e. The van der Waals surface area contributed by atoms with E-state index in [1.165, 1.54) is 6.33 Å². The van der Waals surface area contributed by atoms with E-state index >= 15 is 0 Å². The van der Waals surface area contributed by atoms with E-state index in [9.17, 15) is 0 Å². The lowest BCUT2D eigenvalue weighted by atomic mass is 10.1. The van der Waals surface area contributed by atoms with Gasteiger partial charge in [0.05, 0.1) is 22.1 Å². The molecule has 6 aromatic rings. The van der Waals surface area contributed by atoms with Crippen LogP contribution in [0, 0.1) is 0 Å². The lowest BCUT2D eigenvalue weighted by molar-refractivity contribution is 1.09. The van der Waals surface area contributed by atoms with Gasteiger partial charge < -0.3 is 4.98 Å². The number of H-pyrrole nitrogens is 2. The minimum Gasteiger partial charge on any atom is -0.337 e. The van der Waals surface area contributed by atoms with Crippen molar-refractivity contribution in [3.63, 3.8) is 0 Å². The first-order chi connectivity index (χ1) is 14.9. The molecule has 0 atom stereocenters. The molecule has 0 spiro atoms. The number of hydrogen-bond acceptors (Lipinski definition) is 6. The van der Waals surface area contributed by atoms with Crippen LogP contribution in [0.3, 0.4) is 0 Å². The first kappa shape index (κ1) is 16.5. The minimum absolute atomic E-state index is 0.621. The van der Waals surface area contributed by atoms with Gasteiger partial charge in [-0.05, 0) is 24.3 Å². The normalized spacial score (nSPS) is 11.3. The van der Waals surface area contributed by atoms with Gasteiger partial charge in [-0.25, -0.2) is 19.9 Å². The van der Waals surface area contributed by atoms with Crippen LogP contribution in [-0.4, -0.2) is 40.1 Å². The van der Waals surface area contributed by atoms with E-state index in [2.05, 4.69) is 35.1 Å². The van der Waals surface area contributed by atoms with Crippen molar-refractivity contribution in [1.82, 2.24) is 40.1 Å². The van der Waals surface area contributed by atoms with Crippen LogP contribution in [0.2, 0.25) is 0 Å². The van der Waals surface area contributed by atoms with E-state index in [0.717, 1.165) is 44.5 Å². The lowest BCUT2D eigenvalue weighted by Crippen LogP contribution is -1.86. The Balaban J connectivity index is 1.52. The monoisotopic (exact) mass is 390 g/mol. The maximum atomic E-state index is 4.86. The molecule has 0 aliphatic heterocycles.